The smallest absolute Gasteiger partial charge is 0.261 e. The quantitative estimate of drug-likeness (QED) is 0.792. The van der Waals surface area contributed by atoms with Crippen LogP contribution in [0.2, 0.25) is 0 Å². The maximum absolute atomic E-state index is 14.2. The number of imide groups is 1. The van der Waals surface area contributed by atoms with Crippen molar-refractivity contribution >= 4 is 11.8 Å². The maximum Gasteiger partial charge on any atom is 0.261 e. The Balaban J connectivity index is 1.73. The van der Waals surface area contributed by atoms with Gasteiger partial charge in [0, 0.05) is 0 Å². The molecule has 0 fully saturated rings. The lowest BCUT2D eigenvalue weighted by Gasteiger charge is -2.12. The summed E-state index contributed by atoms with van der Waals surface area (Å²) in [7, 11) is 1.55. The summed E-state index contributed by atoms with van der Waals surface area (Å²) < 4.78 is 19.4. The van der Waals surface area contributed by atoms with Gasteiger partial charge in [0.1, 0.15) is 11.6 Å². The topological polar surface area (TPSA) is 46.6 Å². The van der Waals surface area contributed by atoms with Crippen LogP contribution in [0.5, 0.6) is 5.75 Å². The number of halogens is 1. The van der Waals surface area contributed by atoms with E-state index in [2.05, 4.69) is 0 Å². The fraction of sp³-hybridized carbons (Fsp3) is 0.158. The summed E-state index contributed by atoms with van der Waals surface area (Å²) >= 11 is 0. The predicted molar refractivity (Wildman–Crippen MR) is 87.7 cm³/mol. The van der Waals surface area contributed by atoms with Gasteiger partial charge in [-0.05, 0) is 36.3 Å². The summed E-state index contributed by atoms with van der Waals surface area (Å²) in [5, 5.41) is 0. The Labute approximate surface area is 139 Å². The molecule has 0 bridgehead atoms. The highest BCUT2D eigenvalue weighted by molar-refractivity contribution is 6.21. The van der Waals surface area contributed by atoms with E-state index in [4.69, 9.17) is 4.74 Å². The Hall–Kier alpha value is -2.95. The molecule has 1 aliphatic heterocycles. The predicted octanol–water partition coefficient (Wildman–Crippen LogP) is 3.39. The number of benzene rings is 2. The second-order valence-corrected chi connectivity index (χ2v) is 5.41. The van der Waals surface area contributed by atoms with Crippen LogP contribution in [0.1, 0.15) is 26.3 Å². The van der Waals surface area contributed by atoms with Crippen LogP contribution in [0.4, 0.5) is 4.39 Å². The first kappa shape index (κ1) is 15.9. The number of hydrogen-bond donors (Lipinski definition) is 0. The highest BCUT2D eigenvalue weighted by Gasteiger charge is 2.35. The molecule has 0 atom stereocenters. The molecule has 5 heteroatoms. The number of para-hydroxylation sites is 1. The van der Waals surface area contributed by atoms with Gasteiger partial charge in [0.2, 0.25) is 0 Å². The van der Waals surface area contributed by atoms with Gasteiger partial charge in [-0.25, -0.2) is 4.39 Å². The van der Waals surface area contributed by atoms with Crippen molar-refractivity contribution in [3.05, 3.63) is 77.1 Å². The number of rotatable bonds is 5. The third-order valence-corrected chi connectivity index (χ3v) is 3.92. The standard InChI is InChI=1S/C19H16FNO3/c1-24-17-9-5-2-6-13(17)10-11-14(20)12-21-18(22)15-7-3-4-8-16(15)19(21)23/h2-9,11H,10,12H2,1H3. The molecule has 2 aromatic rings. The summed E-state index contributed by atoms with van der Waals surface area (Å²) in [5.74, 6) is -0.787. The Morgan fingerprint density at radius 1 is 1.04 bits per heavy atom. The zero-order chi connectivity index (χ0) is 17.1. The lowest BCUT2D eigenvalue weighted by molar-refractivity contribution is 0.0660. The van der Waals surface area contributed by atoms with Crippen LogP contribution in [0.3, 0.4) is 0 Å². The van der Waals surface area contributed by atoms with Crippen molar-refractivity contribution in [1.29, 1.82) is 0 Å². The van der Waals surface area contributed by atoms with Gasteiger partial charge < -0.3 is 4.74 Å². The fourth-order valence-corrected chi connectivity index (χ4v) is 2.69. The molecule has 0 N–H and O–H groups in total. The summed E-state index contributed by atoms with van der Waals surface area (Å²) in [6.45, 7) is -0.360. The second-order valence-electron chi connectivity index (χ2n) is 5.41. The highest BCUT2D eigenvalue weighted by atomic mass is 19.1. The van der Waals surface area contributed by atoms with Gasteiger partial charge in [0.05, 0.1) is 24.8 Å². The number of carbonyl (C=O) groups excluding carboxylic acids is 2. The van der Waals surface area contributed by atoms with E-state index >= 15 is 0 Å². The number of fused-ring (bicyclic) bond motifs is 1. The van der Waals surface area contributed by atoms with Crippen LogP contribution in [0.15, 0.2) is 60.4 Å². The number of allylic oxidation sites excluding steroid dienone is 1. The monoisotopic (exact) mass is 325 g/mol. The Morgan fingerprint density at radius 3 is 2.25 bits per heavy atom. The molecule has 0 aromatic heterocycles. The lowest BCUT2D eigenvalue weighted by Crippen LogP contribution is -2.31. The molecule has 0 spiro atoms. The van der Waals surface area contributed by atoms with E-state index in [0.717, 1.165) is 10.5 Å². The molecular formula is C19H16FNO3. The molecule has 4 nitrogen and oxygen atoms in total. The van der Waals surface area contributed by atoms with Gasteiger partial charge in [-0.2, -0.15) is 0 Å². The Morgan fingerprint density at radius 2 is 1.62 bits per heavy atom. The van der Waals surface area contributed by atoms with Gasteiger partial charge >= 0.3 is 0 Å². The molecule has 2 amide bonds. The second kappa shape index (κ2) is 6.66. The van der Waals surface area contributed by atoms with Crippen LogP contribution >= 0.6 is 0 Å². The molecule has 2 aromatic carbocycles. The normalized spacial score (nSPS) is 14.1. The first-order chi connectivity index (χ1) is 11.6. The van der Waals surface area contributed by atoms with Gasteiger partial charge in [0.15, 0.2) is 0 Å². The number of amides is 2. The first-order valence-corrected chi connectivity index (χ1v) is 7.53. The largest absolute Gasteiger partial charge is 0.496 e. The minimum Gasteiger partial charge on any atom is -0.496 e. The maximum atomic E-state index is 14.2. The van der Waals surface area contributed by atoms with Crippen LogP contribution < -0.4 is 4.74 Å². The number of hydrogen-bond acceptors (Lipinski definition) is 3. The Bertz CT molecular complexity index is 794. The van der Waals surface area contributed by atoms with Gasteiger partial charge in [0.25, 0.3) is 11.8 Å². The first-order valence-electron chi connectivity index (χ1n) is 7.53. The van der Waals surface area contributed by atoms with E-state index in [0.29, 0.717) is 23.3 Å². The zero-order valence-corrected chi connectivity index (χ0v) is 13.2. The molecule has 3 rings (SSSR count). The third kappa shape index (κ3) is 2.93. The average Bonchev–Trinajstić information content (AvgIpc) is 2.85. The van der Waals surface area contributed by atoms with E-state index in [-0.39, 0.29) is 6.54 Å². The number of methoxy groups -OCH3 is 1. The fourth-order valence-electron chi connectivity index (χ4n) is 2.69. The van der Waals surface area contributed by atoms with Crippen molar-refractivity contribution in [2.24, 2.45) is 0 Å². The summed E-state index contributed by atoms with van der Waals surface area (Å²) in [6, 6.07) is 13.8. The molecule has 1 heterocycles. The van der Waals surface area contributed by atoms with Crippen molar-refractivity contribution in [2.45, 2.75) is 6.42 Å². The van der Waals surface area contributed by atoms with Crippen molar-refractivity contribution in [3.63, 3.8) is 0 Å². The van der Waals surface area contributed by atoms with Crippen LogP contribution in [-0.2, 0) is 6.42 Å². The van der Waals surface area contributed by atoms with Crippen molar-refractivity contribution in [1.82, 2.24) is 4.90 Å². The van der Waals surface area contributed by atoms with Gasteiger partial charge in [-0.3, -0.25) is 14.5 Å². The molecule has 0 saturated heterocycles. The number of ether oxygens (including phenoxy) is 1. The van der Waals surface area contributed by atoms with E-state index in [1.54, 1.807) is 37.4 Å². The molecule has 24 heavy (non-hydrogen) atoms. The van der Waals surface area contributed by atoms with E-state index in [1.807, 2.05) is 18.2 Å². The van der Waals surface area contributed by atoms with Gasteiger partial charge in [-0.1, -0.05) is 30.3 Å². The van der Waals surface area contributed by atoms with Crippen molar-refractivity contribution in [3.8, 4) is 5.75 Å². The summed E-state index contributed by atoms with van der Waals surface area (Å²) in [5.41, 5.74) is 1.47. The molecule has 0 saturated carbocycles. The van der Waals surface area contributed by atoms with E-state index in [9.17, 15) is 14.0 Å². The number of nitrogens with zero attached hydrogens (tertiary/aromatic N) is 1. The molecule has 0 aliphatic carbocycles. The number of carbonyl (C=O) groups is 2. The van der Waals surface area contributed by atoms with Crippen molar-refractivity contribution in [2.75, 3.05) is 13.7 Å². The van der Waals surface area contributed by atoms with E-state index < -0.39 is 17.6 Å². The van der Waals surface area contributed by atoms with Crippen LogP contribution in [0, 0.1) is 0 Å². The molecule has 1 aliphatic rings. The average molecular weight is 325 g/mol. The van der Waals surface area contributed by atoms with E-state index in [1.165, 1.54) is 6.08 Å². The zero-order valence-electron chi connectivity index (χ0n) is 13.2. The molecule has 0 radical (unpaired) electrons. The minimum absolute atomic E-state index is 0.318. The molecule has 0 unspecified atom stereocenters. The third-order valence-electron chi connectivity index (χ3n) is 3.92. The molecular weight excluding hydrogens is 309 g/mol. The summed E-state index contributed by atoms with van der Waals surface area (Å²) in [4.78, 5) is 25.3. The van der Waals surface area contributed by atoms with Crippen molar-refractivity contribution < 1.29 is 18.7 Å². The SMILES string of the molecule is COc1ccccc1CC=C(F)CN1C(=O)c2ccccc2C1=O. The minimum atomic E-state index is -0.532. The lowest BCUT2D eigenvalue weighted by atomic mass is 10.1. The van der Waals surface area contributed by atoms with Crippen LogP contribution in [-0.4, -0.2) is 30.4 Å². The molecule has 122 valence electrons. The van der Waals surface area contributed by atoms with Gasteiger partial charge in [-0.15, -0.1) is 0 Å². The Kier molecular flexibility index (Phi) is 4.42. The van der Waals surface area contributed by atoms with Crippen LogP contribution in [0.25, 0.3) is 0 Å². The highest BCUT2D eigenvalue weighted by Crippen LogP contribution is 2.24. The summed E-state index contributed by atoms with van der Waals surface area (Å²) in [6.07, 6.45) is 1.68.